The molecule has 1 aromatic carbocycles. The quantitative estimate of drug-likeness (QED) is 0.827. The van der Waals surface area contributed by atoms with Crippen molar-refractivity contribution in [2.24, 2.45) is 5.92 Å². The number of hydrogen-bond acceptors (Lipinski definition) is 3. The van der Waals surface area contributed by atoms with E-state index in [0.29, 0.717) is 23.6 Å². The van der Waals surface area contributed by atoms with Crippen molar-refractivity contribution in [1.29, 1.82) is 0 Å². The summed E-state index contributed by atoms with van der Waals surface area (Å²) in [5, 5.41) is 3.60. The van der Waals surface area contributed by atoms with Crippen LogP contribution in [-0.4, -0.2) is 37.8 Å². The van der Waals surface area contributed by atoms with Crippen LogP contribution in [0, 0.1) is 5.92 Å². The minimum atomic E-state index is -3.49. The number of carbonyl (C=O) groups is 1. The Hall–Kier alpha value is -1.11. The molecule has 1 aliphatic heterocycles. The molecular formula is C19H27ClN2O3S. The van der Waals surface area contributed by atoms with Gasteiger partial charge in [-0.25, -0.2) is 12.7 Å². The van der Waals surface area contributed by atoms with Crippen molar-refractivity contribution < 1.29 is 13.2 Å². The first-order valence-electron chi connectivity index (χ1n) is 9.47. The molecule has 0 bridgehead atoms. The summed E-state index contributed by atoms with van der Waals surface area (Å²) in [4.78, 5) is 12.6. The maximum atomic E-state index is 12.8. The molecule has 0 radical (unpaired) electrons. The lowest BCUT2D eigenvalue weighted by molar-refractivity contribution is -0.127. The van der Waals surface area contributed by atoms with E-state index in [0.717, 1.165) is 32.1 Å². The summed E-state index contributed by atoms with van der Waals surface area (Å²) in [6.07, 6.45) is 7.09. The van der Waals surface area contributed by atoms with Gasteiger partial charge < -0.3 is 5.32 Å². The monoisotopic (exact) mass is 398 g/mol. The van der Waals surface area contributed by atoms with E-state index >= 15 is 0 Å². The van der Waals surface area contributed by atoms with Crippen LogP contribution in [0.25, 0.3) is 0 Å². The third-order valence-corrected chi connectivity index (χ3v) is 7.56. The molecule has 0 unspecified atom stereocenters. The van der Waals surface area contributed by atoms with Gasteiger partial charge in [0.15, 0.2) is 0 Å². The SMILES string of the molecule is O=C(NC1CCCCC1)[C@@H]1CCCN(S(=O)(=O)Cc2ccccc2Cl)C1. The number of piperidine rings is 1. The van der Waals surface area contributed by atoms with E-state index in [-0.39, 0.29) is 30.2 Å². The summed E-state index contributed by atoms with van der Waals surface area (Å²) in [6, 6.07) is 7.25. The highest BCUT2D eigenvalue weighted by atomic mass is 35.5. The summed E-state index contributed by atoms with van der Waals surface area (Å²) in [7, 11) is -3.49. The molecule has 2 fully saturated rings. The normalized spacial score (nSPS) is 22.9. The number of hydrogen-bond donors (Lipinski definition) is 1. The number of rotatable bonds is 5. The zero-order valence-electron chi connectivity index (χ0n) is 15.0. The average Bonchev–Trinajstić information content (AvgIpc) is 2.64. The second kappa shape index (κ2) is 8.72. The predicted molar refractivity (Wildman–Crippen MR) is 103 cm³/mol. The molecule has 1 saturated carbocycles. The number of nitrogens with one attached hydrogen (secondary N) is 1. The van der Waals surface area contributed by atoms with Crippen molar-refractivity contribution in [3.8, 4) is 0 Å². The fraction of sp³-hybridized carbons (Fsp3) is 0.632. The van der Waals surface area contributed by atoms with Gasteiger partial charge in [-0.15, -0.1) is 0 Å². The maximum Gasteiger partial charge on any atom is 0.224 e. The van der Waals surface area contributed by atoms with Gasteiger partial charge in [-0.05, 0) is 37.3 Å². The third-order valence-electron chi connectivity index (χ3n) is 5.40. The molecule has 5 nitrogen and oxygen atoms in total. The molecule has 1 amide bonds. The van der Waals surface area contributed by atoms with Crippen LogP contribution in [0.3, 0.4) is 0 Å². The summed E-state index contributed by atoms with van der Waals surface area (Å²) >= 11 is 6.11. The summed E-state index contributed by atoms with van der Waals surface area (Å²) in [6.45, 7) is 0.741. The van der Waals surface area contributed by atoms with Crippen LogP contribution in [0.2, 0.25) is 5.02 Å². The smallest absolute Gasteiger partial charge is 0.224 e. The largest absolute Gasteiger partial charge is 0.353 e. The Labute approximate surface area is 161 Å². The van der Waals surface area contributed by atoms with Gasteiger partial charge in [-0.2, -0.15) is 0 Å². The van der Waals surface area contributed by atoms with Crippen molar-refractivity contribution in [2.75, 3.05) is 13.1 Å². The Morgan fingerprint density at radius 1 is 1.12 bits per heavy atom. The summed E-state index contributed by atoms with van der Waals surface area (Å²) < 4.78 is 27.1. The maximum absolute atomic E-state index is 12.8. The van der Waals surface area contributed by atoms with Crippen LogP contribution in [0.1, 0.15) is 50.5 Å². The van der Waals surface area contributed by atoms with Crippen LogP contribution in [0.5, 0.6) is 0 Å². The molecule has 1 aliphatic carbocycles. The van der Waals surface area contributed by atoms with Gasteiger partial charge in [0, 0.05) is 24.2 Å². The van der Waals surface area contributed by atoms with Gasteiger partial charge in [0.25, 0.3) is 0 Å². The lowest BCUT2D eigenvalue weighted by Crippen LogP contribution is -2.48. The fourth-order valence-electron chi connectivity index (χ4n) is 3.88. The van der Waals surface area contributed by atoms with Gasteiger partial charge in [0.2, 0.25) is 15.9 Å². The first-order chi connectivity index (χ1) is 12.5. The molecule has 1 atom stereocenters. The highest BCUT2D eigenvalue weighted by molar-refractivity contribution is 7.88. The first-order valence-corrected chi connectivity index (χ1v) is 11.5. The standard InChI is InChI=1S/C19H27ClN2O3S/c20-18-11-5-4-7-16(18)14-26(24,25)22-12-6-8-15(13-22)19(23)21-17-9-2-1-3-10-17/h4-5,7,11,15,17H,1-3,6,8-10,12-14H2,(H,21,23)/t15-/m1/s1. The molecule has 2 aliphatic rings. The first kappa shape index (κ1) is 19.6. The minimum Gasteiger partial charge on any atom is -0.353 e. The number of nitrogens with zero attached hydrogens (tertiary/aromatic N) is 1. The van der Waals surface area contributed by atoms with Crippen LogP contribution in [0.15, 0.2) is 24.3 Å². The fourth-order valence-corrected chi connectivity index (χ4v) is 5.80. The Kier molecular flexibility index (Phi) is 6.59. The Bertz CT molecular complexity index is 732. The lowest BCUT2D eigenvalue weighted by Gasteiger charge is -2.33. The second-order valence-electron chi connectivity index (χ2n) is 7.39. The van der Waals surface area contributed by atoms with E-state index in [4.69, 9.17) is 11.6 Å². The van der Waals surface area contributed by atoms with Gasteiger partial charge in [0.1, 0.15) is 0 Å². The topological polar surface area (TPSA) is 66.5 Å². The van der Waals surface area contributed by atoms with Gasteiger partial charge in [-0.3, -0.25) is 4.79 Å². The number of benzene rings is 1. The van der Waals surface area contributed by atoms with Gasteiger partial charge >= 0.3 is 0 Å². The van der Waals surface area contributed by atoms with E-state index in [9.17, 15) is 13.2 Å². The molecule has 0 spiro atoms. The van der Waals surface area contributed by atoms with E-state index in [1.165, 1.54) is 10.7 Å². The number of carbonyl (C=O) groups excluding carboxylic acids is 1. The van der Waals surface area contributed by atoms with Crippen LogP contribution in [0.4, 0.5) is 0 Å². The van der Waals surface area contributed by atoms with Crippen molar-refractivity contribution in [1.82, 2.24) is 9.62 Å². The highest BCUT2D eigenvalue weighted by Crippen LogP contribution is 2.25. The molecule has 144 valence electrons. The van der Waals surface area contributed by atoms with E-state index in [1.54, 1.807) is 24.3 Å². The summed E-state index contributed by atoms with van der Waals surface area (Å²) in [5.41, 5.74) is 0.600. The molecule has 26 heavy (non-hydrogen) atoms. The molecule has 1 aromatic rings. The Balaban J connectivity index is 1.61. The summed E-state index contributed by atoms with van der Waals surface area (Å²) in [5.74, 6) is -0.370. The van der Waals surface area contributed by atoms with Gasteiger partial charge in [-0.1, -0.05) is 49.1 Å². The predicted octanol–water partition coefficient (Wildman–Crippen LogP) is 3.33. The van der Waals surface area contributed by atoms with Crippen molar-refractivity contribution >= 4 is 27.5 Å². The molecule has 1 N–H and O–H groups in total. The van der Waals surface area contributed by atoms with E-state index in [1.807, 2.05) is 0 Å². The third kappa shape index (κ3) is 4.99. The molecule has 0 aromatic heterocycles. The number of amides is 1. The molecule has 3 rings (SSSR count). The lowest BCUT2D eigenvalue weighted by atomic mass is 9.93. The Morgan fingerprint density at radius 2 is 1.85 bits per heavy atom. The highest BCUT2D eigenvalue weighted by Gasteiger charge is 2.33. The zero-order valence-corrected chi connectivity index (χ0v) is 16.6. The van der Waals surface area contributed by atoms with Crippen molar-refractivity contribution in [2.45, 2.75) is 56.7 Å². The van der Waals surface area contributed by atoms with Crippen molar-refractivity contribution in [3.63, 3.8) is 0 Å². The number of sulfonamides is 1. The zero-order chi connectivity index (χ0) is 18.6. The second-order valence-corrected chi connectivity index (χ2v) is 9.76. The van der Waals surface area contributed by atoms with E-state index < -0.39 is 10.0 Å². The molecule has 1 saturated heterocycles. The van der Waals surface area contributed by atoms with Crippen LogP contribution >= 0.6 is 11.6 Å². The van der Waals surface area contributed by atoms with Gasteiger partial charge in [0.05, 0.1) is 11.7 Å². The van der Waals surface area contributed by atoms with E-state index in [2.05, 4.69) is 5.32 Å². The van der Waals surface area contributed by atoms with Crippen LogP contribution < -0.4 is 5.32 Å². The van der Waals surface area contributed by atoms with Crippen molar-refractivity contribution in [3.05, 3.63) is 34.9 Å². The molecule has 7 heteroatoms. The van der Waals surface area contributed by atoms with Crippen LogP contribution in [-0.2, 0) is 20.6 Å². The Morgan fingerprint density at radius 3 is 2.58 bits per heavy atom. The average molecular weight is 399 g/mol. The molecular weight excluding hydrogens is 372 g/mol. The number of halogens is 1. The molecule has 1 heterocycles. The minimum absolute atomic E-state index is 0.00884.